The van der Waals surface area contributed by atoms with Crippen LogP contribution in [0.3, 0.4) is 0 Å². The zero-order valence-corrected chi connectivity index (χ0v) is 15.5. The molecule has 2 aromatic carbocycles. The van der Waals surface area contributed by atoms with E-state index in [0.29, 0.717) is 22.0 Å². The average Bonchev–Trinajstić information content (AvgIpc) is 3.17. The van der Waals surface area contributed by atoms with Gasteiger partial charge in [-0.15, -0.1) is 0 Å². The Hall–Kier alpha value is -3.58. The number of aromatic nitrogens is 3. The van der Waals surface area contributed by atoms with Crippen molar-refractivity contribution in [1.29, 1.82) is 0 Å². The molecule has 5 rings (SSSR count). The first-order chi connectivity index (χ1) is 14.2. The Morgan fingerprint density at radius 2 is 2.03 bits per heavy atom. The van der Waals surface area contributed by atoms with Crippen LogP contribution in [0.2, 0.25) is 0 Å². The van der Waals surface area contributed by atoms with Crippen LogP contribution in [0.15, 0.2) is 54.7 Å². The van der Waals surface area contributed by atoms with Gasteiger partial charge in [0.15, 0.2) is 5.69 Å². The fourth-order valence-electron chi connectivity index (χ4n) is 3.70. The number of nitrogens with zero attached hydrogens (tertiary/aromatic N) is 2. The number of H-pyrrole nitrogens is 1. The predicted octanol–water partition coefficient (Wildman–Crippen LogP) is 3.66. The van der Waals surface area contributed by atoms with Crippen LogP contribution in [0.4, 0.5) is 10.1 Å². The smallest absolute Gasteiger partial charge is 0.276 e. The van der Waals surface area contributed by atoms with Crippen molar-refractivity contribution in [1.82, 2.24) is 20.5 Å². The SMILES string of the molecule is O=C(Nc1ccc2c(c1)CCNC2)c1n[nH]c2ccc(-c3cccnc3F)cc12. The number of aromatic amines is 1. The van der Waals surface area contributed by atoms with Crippen molar-refractivity contribution in [2.24, 2.45) is 0 Å². The Morgan fingerprint density at radius 1 is 1.10 bits per heavy atom. The van der Waals surface area contributed by atoms with Crippen LogP contribution in [0.25, 0.3) is 22.0 Å². The first-order valence-electron chi connectivity index (χ1n) is 9.42. The van der Waals surface area contributed by atoms with Crippen LogP contribution < -0.4 is 10.6 Å². The highest BCUT2D eigenvalue weighted by Gasteiger charge is 2.17. The molecular formula is C22H18FN5O. The summed E-state index contributed by atoms with van der Waals surface area (Å²) in [6.45, 7) is 1.78. The number of carbonyl (C=O) groups is 1. The zero-order chi connectivity index (χ0) is 19.8. The minimum Gasteiger partial charge on any atom is -0.321 e. The van der Waals surface area contributed by atoms with Gasteiger partial charge in [0.1, 0.15) is 0 Å². The van der Waals surface area contributed by atoms with E-state index in [1.54, 1.807) is 30.3 Å². The summed E-state index contributed by atoms with van der Waals surface area (Å²) >= 11 is 0. The van der Waals surface area contributed by atoms with Gasteiger partial charge >= 0.3 is 0 Å². The molecule has 1 aliphatic rings. The molecule has 0 saturated heterocycles. The summed E-state index contributed by atoms with van der Waals surface area (Å²) in [6, 6.07) is 14.6. The quantitative estimate of drug-likeness (QED) is 0.469. The third-order valence-electron chi connectivity index (χ3n) is 5.20. The maximum Gasteiger partial charge on any atom is 0.276 e. The van der Waals surface area contributed by atoms with Crippen LogP contribution in [-0.4, -0.2) is 27.6 Å². The minimum atomic E-state index is -0.551. The number of nitrogens with one attached hydrogen (secondary N) is 3. The van der Waals surface area contributed by atoms with Gasteiger partial charge in [0.25, 0.3) is 5.91 Å². The van der Waals surface area contributed by atoms with E-state index >= 15 is 0 Å². The van der Waals surface area contributed by atoms with Crippen LogP contribution in [0.1, 0.15) is 21.6 Å². The van der Waals surface area contributed by atoms with Gasteiger partial charge in [-0.25, -0.2) is 4.98 Å². The second kappa shape index (κ2) is 7.10. The molecule has 3 heterocycles. The summed E-state index contributed by atoms with van der Waals surface area (Å²) < 4.78 is 14.1. The van der Waals surface area contributed by atoms with Gasteiger partial charge in [-0.2, -0.15) is 9.49 Å². The summed E-state index contributed by atoms with van der Waals surface area (Å²) in [5, 5.41) is 13.9. The van der Waals surface area contributed by atoms with Crippen molar-refractivity contribution in [2.75, 3.05) is 11.9 Å². The van der Waals surface area contributed by atoms with Crippen molar-refractivity contribution in [3.63, 3.8) is 0 Å². The molecule has 3 N–H and O–H groups in total. The fraction of sp³-hybridized carbons (Fsp3) is 0.136. The lowest BCUT2D eigenvalue weighted by atomic mass is 10.0. The summed E-state index contributed by atoms with van der Waals surface area (Å²) in [5.74, 6) is -0.862. The number of pyridine rings is 1. The minimum absolute atomic E-state index is 0.269. The van der Waals surface area contributed by atoms with Gasteiger partial charge in [0.2, 0.25) is 5.95 Å². The molecule has 0 spiro atoms. The average molecular weight is 387 g/mol. The van der Waals surface area contributed by atoms with Crippen LogP contribution in [-0.2, 0) is 13.0 Å². The number of anilines is 1. The third kappa shape index (κ3) is 3.25. The predicted molar refractivity (Wildman–Crippen MR) is 109 cm³/mol. The Kier molecular flexibility index (Phi) is 4.29. The molecule has 0 bridgehead atoms. The van der Waals surface area contributed by atoms with E-state index in [0.717, 1.165) is 25.2 Å². The Bertz CT molecular complexity index is 1230. The summed E-state index contributed by atoms with van der Waals surface area (Å²) in [4.78, 5) is 16.6. The normalized spacial score (nSPS) is 13.3. The first-order valence-corrected chi connectivity index (χ1v) is 9.42. The van der Waals surface area contributed by atoms with E-state index < -0.39 is 5.95 Å². The van der Waals surface area contributed by atoms with Crippen LogP contribution in [0.5, 0.6) is 0 Å². The maximum absolute atomic E-state index is 14.1. The molecular weight excluding hydrogens is 369 g/mol. The van der Waals surface area contributed by atoms with E-state index in [2.05, 4.69) is 25.8 Å². The molecule has 4 aromatic rings. The molecule has 1 aliphatic heterocycles. The molecule has 0 saturated carbocycles. The van der Waals surface area contributed by atoms with Crippen LogP contribution in [0, 0.1) is 5.95 Å². The number of amides is 1. The third-order valence-corrected chi connectivity index (χ3v) is 5.20. The number of rotatable bonds is 3. The number of carbonyl (C=O) groups excluding carboxylic acids is 1. The number of benzene rings is 2. The summed E-state index contributed by atoms with van der Waals surface area (Å²) in [7, 11) is 0. The number of hydrogen-bond donors (Lipinski definition) is 3. The Balaban J connectivity index is 1.47. The largest absolute Gasteiger partial charge is 0.321 e. The molecule has 2 aromatic heterocycles. The first kappa shape index (κ1) is 17.5. The zero-order valence-electron chi connectivity index (χ0n) is 15.5. The fourth-order valence-corrected chi connectivity index (χ4v) is 3.70. The highest BCUT2D eigenvalue weighted by Crippen LogP contribution is 2.27. The molecule has 1 amide bonds. The van der Waals surface area contributed by atoms with E-state index in [9.17, 15) is 9.18 Å². The molecule has 0 radical (unpaired) electrons. The second-order valence-electron chi connectivity index (χ2n) is 7.04. The monoisotopic (exact) mass is 387 g/mol. The molecule has 29 heavy (non-hydrogen) atoms. The lowest BCUT2D eigenvalue weighted by molar-refractivity contribution is 0.102. The number of fused-ring (bicyclic) bond motifs is 2. The van der Waals surface area contributed by atoms with Gasteiger partial charge in [-0.1, -0.05) is 12.1 Å². The Morgan fingerprint density at radius 3 is 2.93 bits per heavy atom. The van der Waals surface area contributed by atoms with Crippen molar-refractivity contribution >= 4 is 22.5 Å². The van der Waals surface area contributed by atoms with Gasteiger partial charge in [0, 0.05) is 29.4 Å². The van der Waals surface area contributed by atoms with Crippen molar-refractivity contribution in [2.45, 2.75) is 13.0 Å². The molecule has 0 atom stereocenters. The maximum atomic E-state index is 14.1. The van der Waals surface area contributed by atoms with Crippen molar-refractivity contribution < 1.29 is 9.18 Å². The van der Waals surface area contributed by atoms with E-state index in [4.69, 9.17) is 0 Å². The van der Waals surface area contributed by atoms with E-state index in [-0.39, 0.29) is 11.6 Å². The second-order valence-corrected chi connectivity index (χ2v) is 7.04. The summed E-state index contributed by atoms with van der Waals surface area (Å²) in [5.41, 5.74) is 5.22. The molecule has 7 heteroatoms. The molecule has 0 unspecified atom stereocenters. The van der Waals surface area contributed by atoms with Gasteiger partial charge in [0.05, 0.1) is 5.52 Å². The standard InChI is InChI=1S/C22H18FN5O/c23-21-17(2-1-8-25-21)14-4-6-19-18(11-14)20(28-27-19)22(29)26-16-5-3-15-12-24-9-7-13(15)10-16/h1-6,8,10-11,24H,7,9,12H2,(H,26,29)(H,27,28). The van der Waals surface area contributed by atoms with Gasteiger partial charge in [-0.05, 0) is 66.1 Å². The van der Waals surface area contributed by atoms with Crippen molar-refractivity contribution in [3.8, 4) is 11.1 Å². The van der Waals surface area contributed by atoms with Gasteiger partial charge in [-0.3, -0.25) is 9.89 Å². The number of hydrogen-bond acceptors (Lipinski definition) is 4. The van der Waals surface area contributed by atoms with Crippen LogP contribution >= 0.6 is 0 Å². The number of halogens is 1. The van der Waals surface area contributed by atoms with E-state index in [1.807, 2.05) is 18.2 Å². The van der Waals surface area contributed by atoms with Crippen molar-refractivity contribution in [3.05, 3.63) is 77.5 Å². The highest BCUT2D eigenvalue weighted by molar-refractivity contribution is 6.11. The Labute approximate surface area is 166 Å². The lowest BCUT2D eigenvalue weighted by Crippen LogP contribution is -2.23. The van der Waals surface area contributed by atoms with Gasteiger partial charge < -0.3 is 10.6 Å². The highest BCUT2D eigenvalue weighted by atomic mass is 19.1. The summed E-state index contributed by atoms with van der Waals surface area (Å²) in [6.07, 6.45) is 2.34. The topological polar surface area (TPSA) is 82.7 Å². The molecule has 6 nitrogen and oxygen atoms in total. The molecule has 0 fully saturated rings. The molecule has 144 valence electrons. The lowest BCUT2D eigenvalue weighted by Gasteiger charge is -2.18. The van der Waals surface area contributed by atoms with E-state index in [1.165, 1.54) is 17.3 Å². The molecule has 0 aliphatic carbocycles.